The Balaban J connectivity index is 3.35. The molecule has 0 aromatic heterocycles. The highest BCUT2D eigenvalue weighted by molar-refractivity contribution is 5.67. The van der Waals surface area contributed by atoms with Gasteiger partial charge in [-0.2, -0.15) is 0 Å². The number of benzene rings is 1. The van der Waals surface area contributed by atoms with Gasteiger partial charge in [0.25, 0.3) is 0 Å². The summed E-state index contributed by atoms with van der Waals surface area (Å²) >= 11 is 0. The van der Waals surface area contributed by atoms with E-state index in [2.05, 4.69) is 26.7 Å². The second-order valence-electron chi connectivity index (χ2n) is 3.10. The molecule has 14 heavy (non-hydrogen) atoms. The summed E-state index contributed by atoms with van der Waals surface area (Å²) in [5.74, 6) is 0.0999. The molecular formula is C14H15. The Labute approximate surface area is 86.3 Å². The van der Waals surface area contributed by atoms with Crippen molar-refractivity contribution in [3.05, 3.63) is 67.6 Å². The molecule has 0 spiro atoms. The third kappa shape index (κ3) is 1.85. The lowest BCUT2D eigenvalue weighted by atomic mass is 9.92. The number of hydrogen-bond acceptors (Lipinski definition) is 0. The largest absolute Gasteiger partial charge is 0.102 e. The van der Waals surface area contributed by atoms with Crippen LogP contribution in [0.3, 0.4) is 0 Å². The van der Waals surface area contributed by atoms with Gasteiger partial charge >= 0.3 is 0 Å². The molecule has 0 bridgehead atoms. The molecule has 0 N–H and O–H groups in total. The van der Waals surface area contributed by atoms with E-state index in [1.165, 1.54) is 0 Å². The molecule has 0 aliphatic carbocycles. The van der Waals surface area contributed by atoms with Gasteiger partial charge in [-0.3, -0.25) is 0 Å². The molecule has 1 aromatic carbocycles. The first kappa shape index (κ1) is 10.5. The molecule has 71 valence electrons. The summed E-state index contributed by atoms with van der Waals surface area (Å²) in [6.07, 6.45) is 5.50. The van der Waals surface area contributed by atoms with Crippen LogP contribution < -0.4 is 0 Å². The average Bonchev–Trinajstić information content (AvgIpc) is 2.26. The molecule has 1 unspecified atom stereocenters. The van der Waals surface area contributed by atoms with E-state index in [0.29, 0.717) is 0 Å². The minimum absolute atomic E-state index is 0.0999. The number of hydrogen-bond donors (Lipinski definition) is 0. The van der Waals surface area contributed by atoms with E-state index in [1.54, 1.807) is 0 Å². The van der Waals surface area contributed by atoms with Crippen molar-refractivity contribution in [2.24, 2.45) is 0 Å². The minimum Gasteiger partial charge on any atom is -0.102 e. The van der Waals surface area contributed by atoms with Gasteiger partial charge in [-0.25, -0.2) is 0 Å². The maximum absolute atomic E-state index is 4.01. The predicted octanol–water partition coefficient (Wildman–Crippen LogP) is 4.08. The van der Waals surface area contributed by atoms with Crippen LogP contribution in [0, 0.1) is 6.92 Å². The van der Waals surface area contributed by atoms with Gasteiger partial charge in [-0.1, -0.05) is 49.6 Å². The first-order chi connectivity index (χ1) is 6.74. The zero-order valence-corrected chi connectivity index (χ0v) is 8.37. The lowest BCUT2D eigenvalue weighted by molar-refractivity contribution is 1.08. The molecule has 0 saturated heterocycles. The standard InChI is InChI=1S/C14H15/c1-5-11(4)14-10-8-9-12(6-2)13(14)7-3/h5-11H,1-4H2. The SMILES string of the molecule is [CH2]C(C=C)c1cccc(C=C)c1C=C. The lowest BCUT2D eigenvalue weighted by Crippen LogP contribution is -1.95. The van der Waals surface area contributed by atoms with E-state index in [1.807, 2.05) is 36.4 Å². The summed E-state index contributed by atoms with van der Waals surface area (Å²) in [7, 11) is 0. The van der Waals surface area contributed by atoms with Gasteiger partial charge in [-0.05, 0) is 23.6 Å². The van der Waals surface area contributed by atoms with Gasteiger partial charge < -0.3 is 0 Å². The van der Waals surface area contributed by atoms with Crippen LogP contribution in [0.1, 0.15) is 22.6 Å². The molecule has 0 nitrogen and oxygen atoms in total. The van der Waals surface area contributed by atoms with Gasteiger partial charge in [0.1, 0.15) is 0 Å². The molecule has 1 radical (unpaired) electrons. The summed E-state index contributed by atoms with van der Waals surface area (Å²) in [5, 5.41) is 0. The predicted molar refractivity (Wildman–Crippen MR) is 64.9 cm³/mol. The van der Waals surface area contributed by atoms with Crippen molar-refractivity contribution in [1.29, 1.82) is 0 Å². The highest BCUT2D eigenvalue weighted by Gasteiger charge is 2.07. The maximum atomic E-state index is 4.01. The van der Waals surface area contributed by atoms with E-state index >= 15 is 0 Å². The third-order valence-corrected chi connectivity index (χ3v) is 2.28. The van der Waals surface area contributed by atoms with Crippen molar-refractivity contribution < 1.29 is 0 Å². The number of allylic oxidation sites excluding steroid dienone is 1. The normalized spacial score (nSPS) is 11.8. The van der Waals surface area contributed by atoms with Crippen LogP contribution in [-0.4, -0.2) is 0 Å². The van der Waals surface area contributed by atoms with Crippen LogP contribution in [0.25, 0.3) is 12.2 Å². The van der Waals surface area contributed by atoms with Gasteiger partial charge in [0.15, 0.2) is 0 Å². The fraction of sp³-hybridized carbons (Fsp3) is 0.0714. The topological polar surface area (TPSA) is 0 Å². The Morgan fingerprint density at radius 3 is 2.29 bits per heavy atom. The van der Waals surface area contributed by atoms with Gasteiger partial charge in [-0.15, -0.1) is 6.58 Å². The molecule has 0 saturated carbocycles. The second-order valence-corrected chi connectivity index (χ2v) is 3.10. The van der Waals surface area contributed by atoms with E-state index in [4.69, 9.17) is 0 Å². The smallest absolute Gasteiger partial charge is 0.00217 e. The van der Waals surface area contributed by atoms with Crippen LogP contribution in [0.4, 0.5) is 0 Å². The van der Waals surface area contributed by atoms with Crippen molar-refractivity contribution in [2.45, 2.75) is 5.92 Å². The van der Waals surface area contributed by atoms with E-state index in [9.17, 15) is 0 Å². The Kier molecular flexibility index (Phi) is 3.47. The van der Waals surface area contributed by atoms with Gasteiger partial charge in [0, 0.05) is 5.92 Å². The summed E-state index contributed by atoms with van der Waals surface area (Å²) < 4.78 is 0. The van der Waals surface area contributed by atoms with E-state index < -0.39 is 0 Å². The fourth-order valence-electron chi connectivity index (χ4n) is 1.47. The summed E-state index contributed by atoms with van der Waals surface area (Å²) in [4.78, 5) is 0. The molecule has 0 fully saturated rings. The van der Waals surface area contributed by atoms with Crippen LogP contribution in [0.15, 0.2) is 44.0 Å². The molecule has 1 atom stereocenters. The fourth-order valence-corrected chi connectivity index (χ4v) is 1.47. The molecule has 1 aromatic rings. The Morgan fingerprint density at radius 1 is 1.07 bits per heavy atom. The maximum Gasteiger partial charge on any atom is 0.00217 e. The molecule has 0 heterocycles. The Hall–Kier alpha value is -1.56. The second kappa shape index (κ2) is 4.61. The van der Waals surface area contributed by atoms with Crippen LogP contribution >= 0.6 is 0 Å². The quantitative estimate of drug-likeness (QED) is 0.617. The van der Waals surface area contributed by atoms with Crippen LogP contribution in [-0.2, 0) is 0 Å². The first-order valence-electron chi connectivity index (χ1n) is 4.58. The van der Waals surface area contributed by atoms with Crippen molar-refractivity contribution in [3.8, 4) is 0 Å². The van der Waals surface area contributed by atoms with Gasteiger partial charge in [0.2, 0.25) is 0 Å². The zero-order chi connectivity index (χ0) is 10.6. The third-order valence-electron chi connectivity index (χ3n) is 2.28. The molecule has 1 rings (SSSR count). The lowest BCUT2D eigenvalue weighted by Gasteiger charge is -2.12. The molecule has 0 heteroatoms. The van der Waals surface area contributed by atoms with E-state index in [0.717, 1.165) is 16.7 Å². The minimum atomic E-state index is 0.0999. The average molecular weight is 183 g/mol. The summed E-state index contributed by atoms with van der Waals surface area (Å²) in [6.45, 7) is 15.3. The van der Waals surface area contributed by atoms with Crippen LogP contribution in [0.2, 0.25) is 0 Å². The molecule has 0 amide bonds. The Morgan fingerprint density at radius 2 is 1.79 bits per heavy atom. The van der Waals surface area contributed by atoms with Crippen molar-refractivity contribution in [2.75, 3.05) is 0 Å². The van der Waals surface area contributed by atoms with Crippen molar-refractivity contribution in [1.82, 2.24) is 0 Å². The van der Waals surface area contributed by atoms with Gasteiger partial charge in [0.05, 0.1) is 0 Å². The molecule has 0 aliphatic rings. The summed E-state index contributed by atoms with van der Waals surface area (Å²) in [6, 6.07) is 6.06. The highest BCUT2D eigenvalue weighted by Crippen LogP contribution is 2.25. The van der Waals surface area contributed by atoms with Crippen molar-refractivity contribution >= 4 is 12.2 Å². The molecular weight excluding hydrogens is 168 g/mol. The number of rotatable bonds is 4. The molecule has 0 aliphatic heterocycles. The highest BCUT2D eigenvalue weighted by atomic mass is 14.1. The zero-order valence-electron chi connectivity index (χ0n) is 8.37. The van der Waals surface area contributed by atoms with E-state index in [-0.39, 0.29) is 5.92 Å². The monoisotopic (exact) mass is 183 g/mol. The first-order valence-corrected chi connectivity index (χ1v) is 4.58. The van der Waals surface area contributed by atoms with Crippen molar-refractivity contribution in [3.63, 3.8) is 0 Å². The summed E-state index contributed by atoms with van der Waals surface area (Å²) in [5.41, 5.74) is 3.34. The Bertz CT molecular complexity index is 358. The van der Waals surface area contributed by atoms with Crippen LogP contribution in [0.5, 0.6) is 0 Å².